The van der Waals surface area contributed by atoms with Gasteiger partial charge in [-0.15, -0.1) is 0 Å². The van der Waals surface area contributed by atoms with Crippen LogP contribution in [0.15, 0.2) is 80.6 Å². The van der Waals surface area contributed by atoms with E-state index in [-0.39, 0.29) is 22.2 Å². The molecule has 180 valence electrons. The molecule has 0 saturated heterocycles. The minimum atomic E-state index is -1.05. The number of hydrogen-bond acceptors (Lipinski definition) is 4. The van der Waals surface area contributed by atoms with E-state index in [4.69, 9.17) is 27.6 Å². The third-order valence-electron chi connectivity index (χ3n) is 5.47. The van der Waals surface area contributed by atoms with Crippen LogP contribution in [0.2, 0.25) is 10.0 Å². The Morgan fingerprint density at radius 1 is 0.972 bits per heavy atom. The van der Waals surface area contributed by atoms with Crippen LogP contribution in [-0.2, 0) is 6.42 Å². The number of halogens is 5. The van der Waals surface area contributed by atoms with Gasteiger partial charge in [0, 0.05) is 16.8 Å². The van der Waals surface area contributed by atoms with Crippen LogP contribution >= 0.6 is 39.1 Å². The third-order valence-corrected chi connectivity index (χ3v) is 6.76. The molecule has 9 heteroatoms. The van der Waals surface area contributed by atoms with Crippen molar-refractivity contribution in [3.05, 3.63) is 110 Å². The second-order valence-corrected chi connectivity index (χ2v) is 9.63. The van der Waals surface area contributed by atoms with Crippen molar-refractivity contribution >= 4 is 62.1 Å². The van der Waals surface area contributed by atoms with Crippen LogP contribution in [0.3, 0.4) is 0 Å². The van der Waals surface area contributed by atoms with Gasteiger partial charge >= 0.3 is 0 Å². The van der Waals surface area contributed by atoms with Crippen LogP contribution in [0.1, 0.15) is 16.7 Å². The van der Waals surface area contributed by atoms with Gasteiger partial charge in [0.05, 0.1) is 20.7 Å². The van der Waals surface area contributed by atoms with E-state index in [0.717, 1.165) is 23.3 Å². The fourth-order valence-corrected chi connectivity index (χ4v) is 4.64. The van der Waals surface area contributed by atoms with Crippen molar-refractivity contribution in [3.8, 4) is 17.2 Å². The number of aromatic nitrogens is 1. The zero-order valence-corrected chi connectivity index (χ0v) is 21.4. The Labute approximate surface area is 223 Å². The highest BCUT2D eigenvalue weighted by atomic mass is 79.9. The molecule has 0 aliphatic heterocycles. The van der Waals surface area contributed by atoms with E-state index in [1.807, 2.05) is 36.4 Å². The fraction of sp³-hybridized carbons (Fsp3) is 0.0370. The molecule has 0 fully saturated rings. The first kappa shape index (κ1) is 24.4. The fourth-order valence-electron chi connectivity index (χ4n) is 3.68. The zero-order valence-electron chi connectivity index (χ0n) is 18.3. The Morgan fingerprint density at radius 3 is 2.56 bits per heavy atom. The van der Waals surface area contributed by atoms with Crippen LogP contribution < -0.4 is 0 Å². The number of oxazole rings is 1. The molecule has 0 unspecified atom stereocenters. The van der Waals surface area contributed by atoms with Crippen LogP contribution in [-0.4, -0.2) is 16.3 Å². The Morgan fingerprint density at radius 2 is 1.75 bits per heavy atom. The Kier molecular flexibility index (Phi) is 6.79. The van der Waals surface area contributed by atoms with Gasteiger partial charge in [-0.05, 0) is 82.0 Å². The van der Waals surface area contributed by atoms with Crippen LogP contribution in [0, 0.1) is 11.6 Å². The van der Waals surface area contributed by atoms with Gasteiger partial charge in [-0.1, -0.05) is 41.4 Å². The Bertz CT molecular complexity index is 1650. The average molecular weight is 588 g/mol. The molecule has 1 N–H and O–H groups in total. The topological polar surface area (TPSA) is 58.6 Å². The summed E-state index contributed by atoms with van der Waals surface area (Å²) in [6.45, 7) is 0. The molecule has 5 aromatic rings. The number of hydrogen-bond donors (Lipinski definition) is 1. The summed E-state index contributed by atoms with van der Waals surface area (Å²) in [6.07, 6.45) is 2.13. The molecule has 1 heterocycles. The second-order valence-electron chi connectivity index (χ2n) is 7.96. The normalized spacial score (nSPS) is 11.6. The van der Waals surface area contributed by atoms with Gasteiger partial charge in [0.2, 0.25) is 5.89 Å². The van der Waals surface area contributed by atoms with Crippen LogP contribution in [0.5, 0.6) is 5.75 Å². The summed E-state index contributed by atoms with van der Waals surface area (Å²) in [6, 6.07) is 18.1. The molecular formula is C27H15BrCl2F2N2O2. The molecule has 36 heavy (non-hydrogen) atoms. The highest BCUT2D eigenvalue weighted by Crippen LogP contribution is 2.34. The maximum Gasteiger partial charge on any atom is 0.228 e. The third kappa shape index (κ3) is 5.00. The molecule has 0 atom stereocenters. The zero-order chi connectivity index (χ0) is 25.4. The van der Waals surface area contributed by atoms with Gasteiger partial charge < -0.3 is 9.52 Å². The lowest BCUT2D eigenvalue weighted by Gasteiger charge is -2.08. The van der Waals surface area contributed by atoms with Crippen LogP contribution in [0.4, 0.5) is 14.5 Å². The summed E-state index contributed by atoms with van der Waals surface area (Å²) < 4.78 is 33.3. The summed E-state index contributed by atoms with van der Waals surface area (Å²) in [5.41, 5.74) is 3.99. The molecule has 0 amide bonds. The molecule has 1 aromatic heterocycles. The number of nitrogens with zero attached hydrogens (tertiary/aromatic N) is 2. The standard InChI is InChI=1S/C27H15BrCl2F2N2O2/c28-19-9-14(7-15-3-1-2-4-20(15)29)8-16(26(19)35)13-33-17-5-6-25-24(10-17)34-27(36-25)18-11-22(31)23(32)12-21(18)30/h1-6,8-13,35H,7H2. The van der Waals surface area contributed by atoms with Gasteiger partial charge in [0.15, 0.2) is 17.2 Å². The van der Waals surface area contributed by atoms with Crippen molar-refractivity contribution in [3.63, 3.8) is 0 Å². The number of benzene rings is 4. The van der Waals surface area contributed by atoms with E-state index >= 15 is 0 Å². The minimum absolute atomic E-state index is 0.0172. The summed E-state index contributed by atoms with van der Waals surface area (Å²) in [4.78, 5) is 8.82. The number of phenolic OH excluding ortho intramolecular Hbond substituents is 1. The minimum Gasteiger partial charge on any atom is -0.506 e. The van der Waals surface area contributed by atoms with Gasteiger partial charge in [0.25, 0.3) is 0 Å². The van der Waals surface area contributed by atoms with E-state index in [1.165, 1.54) is 0 Å². The summed E-state index contributed by atoms with van der Waals surface area (Å²) in [5, 5.41) is 11.2. The van der Waals surface area contributed by atoms with E-state index in [1.54, 1.807) is 24.4 Å². The lowest BCUT2D eigenvalue weighted by molar-refractivity contribution is 0.471. The van der Waals surface area contributed by atoms with Crippen molar-refractivity contribution < 1.29 is 18.3 Å². The molecule has 0 aliphatic rings. The predicted molar refractivity (Wildman–Crippen MR) is 142 cm³/mol. The van der Waals surface area contributed by atoms with Crippen molar-refractivity contribution in [1.82, 2.24) is 4.98 Å². The first-order chi connectivity index (χ1) is 17.3. The average Bonchev–Trinajstić information content (AvgIpc) is 3.27. The number of phenols is 1. The summed E-state index contributed by atoms with van der Waals surface area (Å²) >= 11 is 15.7. The number of aliphatic imine (C=N–C) groups is 1. The largest absolute Gasteiger partial charge is 0.506 e. The highest BCUT2D eigenvalue weighted by molar-refractivity contribution is 9.10. The van der Waals surface area contributed by atoms with Crippen molar-refractivity contribution in [2.45, 2.75) is 6.42 Å². The van der Waals surface area contributed by atoms with Crippen molar-refractivity contribution in [1.29, 1.82) is 0 Å². The van der Waals surface area contributed by atoms with Gasteiger partial charge in [-0.3, -0.25) is 4.99 Å². The maximum atomic E-state index is 13.7. The predicted octanol–water partition coefficient (Wildman–Crippen LogP) is 8.89. The smallest absolute Gasteiger partial charge is 0.228 e. The van der Waals surface area contributed by atoms with E-state index in [0.29, 0.717) is 38.3 Å². The first-order valence-electron chi connectivity index (χ1n) is 10.6. The molecule has 0 saturated carbocycles. The molecule has 4 aromatic carbocycles. The van der Waals surface area contributed by atoms with E-state index in [2.05, 4.69) is 25.9 Å². The number of rotatable bonds is 5. The Hall–Kier alpha value is -3.26. The first-order valence-corrected chi connectivity index (χ1v) is 12.2. The summed E-state index contributed by atoms with van der Waals surface area (Å²) in [5.74, 6) is -1.99. The van der Waals surface area contributed by atoms with Crippen LogP contribution in [0.25, 0.3) is 22.6 Å². The SMILES string of the molecule is Oc1c(Br)cc(Cc2ccccc2Cl)cc1C=Nc1ccc2oc(-c3cc(F)c(F)cc3Cl)nc2c1. The lowest BCUT2D eigenvalue weighted by atomic mass is 10.0. The second kappa shape index (κ2) is 10.0. The number of aromatic hydroxyl groups is 1. The number of fused-ring (bicyclic) bond motifs is 1. The van der Waals surface area contributed by atoms with Crippen molar-refractivity contribution in [2.24, 2.45) is 4.99 Å². The lowest BCUT2D eigenvalue weighted by Crippen LogP contribution is -1.93. The maximum absolute atomic E-state index is 13.7. The highest BCUT2D eigenvalue weighted by Gasteiger charge is 2.16. The van der Waals surface area contributed by atoms with E-state index < -0.39 is 11.6 Å². The molecule has 5 rings (SSSR count). The molecule has 0 spiro atoms. The molecule has 0 bridgehead atoms. The Balaban J connectivity index is 1.44. The molecule has 0 aliphatic carbocycles. The van der Waals surface area contributed by atoms with E-state index in [9.17, 15) is 13.9 Å². The van der Waals surface area contributed by atoms with Gasteiger partial charge in [-0.2, -0.15) is 0 Å². The molecule has 0 radical (unpaired) electrons. The summed E-state index contributed by atoms with van der Waals surface area (Å²) in [7, 11) is 0. The molecule has 4 nitrogen and oxygen atoms in total. The van der Waals surface area contributed by atoms with Crippen molar-refractivity contribution in [2.75, 3.05) is 0 Å². The monoisotopic (exact) mass is 586 g/mol. The quantitative estimate of drug-likeness (QED) is 0.165. The molecular weight excluding hydrogens is 573 g/mol. The van der Waals surface area contributed by atoms with Gasteiger partial charge in [0.1, 0.15) is 11.3 Å². The van der Waals surface area contributed by atoms with Gasteiger partial charge in [-0.25, -0.2) is 13.8 Å².